The first kappa shape index (κ1) is 12.3. The van der Waals surface area contributed by atoms with E-state index in [1.807, 2.05) is 13.1 Å². The maximum atomic E-state index is 10.8. The molecular formula is C11H14BrN3O2. The van der Waals surface area contributed by atoms with Crippen molar-refractivity contribution in [3.05, 3.63) is 32.3 Å². The first-order chi connectivity index (χ1) is 8.00. The largest absolute Gasteiger partial charge is 0.368 e. The Labute approximate surface area is 108 Å². The molecule has 1 saturated heterocycles. The third-order valence-corrected chi connectivity index (χ3v) is 3.78. The van der Waals surface area contributed by atoms with Gasteiger partial charge in [0.05, 0.1) is 16.7 Å². The molecule has 0 bridgehead atoms. The van der Waals surface area contributed by atoms with Crippen LogP contribution < -0.4 is 10.2 Å². The zero-order chi connectivity index (χ0) is 12.6. The van der Waals surface area contributed by atoms with Crippen LogP contribution in [0.4, 0.5) is 11.4 Å². The van der Waals surface area contributed by atoms with Crippen LogP contribution in [0.3, 0.4) is 0 Å². The second kappa shape index (κ2) is 4.62. The van der Waals surface area contributed by atoms with Crippen molar-refractivity contribution in [3.8, 4) is 0 Å². The van der Waals surface area contributed by atoms with Gasteiger partial charge in [0.1, 0.15) is 0 Å². The van der Waals surface area contributed by atoms with Crippen LogP contribution in [-0.4, -0.2) is 31.1 Å². The van der Waals surface area contributed by atoms with E-state index >= 15 is 0 Å². The first-order valence-electron chi connectivity index (χ1n) is 5.39. The lowest BCUT2D eigenvalue weighted by Crippen LogP contribution is -2.56. The van der Waals surface area contributed by atoms with E-state index < -0.39 is 0 Å². The van der Waals surface area contributed by atoms with Crippen molar-refractivity contribution in [2.45, 2.75) is 13.0 Å². The summed E-state index contributed by atoms with van der Waals surface area (Å²) in [5, 5.41) is 14.0. The third kappa shape index (κ3) is 2.28. The predicted octanol–water partition coefficient (Wildman–Crippen LogP) is 2.07. The number of hydrogen-bond donors (Lipinski definition) is 1. The quantitative estimate of drug-likeness (QED) is 0.686. The standard InChI is InChI=1S/C11H14BrN3O2/c1-7-3-11(14(2)8-5-13-6-8)9(12)4-10(7)15(16)17/h3-4,8,13H,5-6H2,1-2H3. The average molecular weight is 300 g/mol. The summed E-state index contributed by atoms with van der Waals surface area (Å²) in [5.74, 6) is 0. The molecular weight excluding hydrogens is 286 g/mol. The molecule has 17 heavy (non-hydrogen) atoms. The third-order valence-electron chi connectivity index (χ3n) is 3.15. The lowest BCUT2D eigenvalue weighted by atomic mass is 10.1. The summed E-state index contributed by atoms with van der Waals surface area (Å²) in [6.45, 7) is 3.68. The summed E-state index contributed by atoms with van der Waals surface area (Å²) >= 11 is 3.41. The van der Waals surface area contributed by atoms with Crippen molar-refractivity contribution in [2.75, 3.05) is 25.0 Å². The molecule has 1 N–H and O–H groups in total. The summed E-state index contributed by atoms with van der Waals surface area (Å²) < 4.78 is 0.768. The number of nitro benzene ring substituents is 1. The fourth-order valence-electron chi connectivity index (χ4n) is 1.87. The molecule has 2 rings (SSSR count). The summed E-state index contributed by atoms with van der Waals surface area (Å²) in [5.41, 5.74) is 1.84. The number of nitrogens with one attached hydrogen (secondary N) is 1. The van der Waals surface area contributed by atoms with E-state index in [4.69, 9.17) is 0 Å². The smallest absolute Gasteiger partial charge is 0.273 e. The SMILES string of the molecule is Cc1cc(N(C)C2CNC2)c(Br)cc1[N+](=O)[O-]. The molecule has 1 aliphatic rings. The molecule has 0 aromatic heterocycles. The summed E-state index contributed by atoms with van der Waals surface area (Å²) in [4.78, 5) is 12.6. The van der Waals surface area contributed by atoms with E-state index in [9.17, 15) is 10.1 Å². The average Bonchev–Trinajstić information content (AvgIpc) is 2.17. The van der Waals surface area contributed by atoms with Crippen molar-refractivity contribution in [1.82, 2.24) is 5.32 Å². The summed E-state index contributed by atoms with van der Waals surface area (Å²) in [6, 6.07) is 3.90. The molecule has 1 aromatic rings. The second-order valence-corrected chi connectivity index (χ2v) is 5.12. The van der Waals surface area contributed by atoms with Gasteiger partial charge in [-0.05, 0) is 28.9 Å². The van der Waals surface area contributed by atoms with Crippen molar-refractivity contribution in [1.29, 1.82) is 0 Å². The Morgan fingerprint density at radius 2 is 2.18 bits per heavy atom. The molecule has 1 heterocycles. The van der Waals surface area contributed by atoms with Gasteiger partial charge in [0.15, 0.2) is 0 Å². The molecule has 0 saturated carbocycles. The summed E-state index contributed by atoms with van der Waals surface area (Å²) in [6.07, 6.45) is 0. The van der Waals surface area contributed by atoms with Crippen LogP contribution in [0.1, 0.15) is 5.56 Å². The molecule has 0 spiro atoms. The Hall–Kier alpha value is -1.14. The summed E-state index contributed by atoms with van der Waals surface area (Å²) in [7, 11) is 2.01. The van der Waals surface area contributed by atoms with E-state index in [1.165, 1.54) is 0 Å². The molecule has 0 amide bonds. The highest BCUT2D eigenvalue weighted by Crippen LogP contribution is 2.33. The molecule has 5 nitrogen and oxygen atoms in total. The molecule has 0 atom stereocenters. The minimum Gasteiger partial charge on any atom is -0.368 e. The molecule has 1 aromatic carbocycles. The molecule has 6 heteroatoms. The Morgan fingerprint density at radius 3 is 2.65 bits per heavy atom. The van der Waals surface area contributed by atoms with E-state index in [0.717, 1.165) is 23.2 Å². The highest BCUT2D eigenvalue weighted by atomic mass is 79.9. The van der Waals surface area contributed by atoms with Crippen molar-refractivity contribution in [3.63, 3.8) is 0 Å². The van der Waals surface area contributed by atoms with Gasteiger partial charge >= 0.3 is 0 Å². The molecule has 0 radical (unpaired) electrons. The lowest BCUT2D eigenvalue weighted by Gasteiger charge is -2.37. The zero-order valence-corrected chi connectivity index (χ0v) is 11.3. The number of hydrogen-bond acceptors (Lipinski definition) is 4. The second-order valence-electron chi connectivity index (χ2n) is 4.27. The van der Waals surface area contributed by atoms with Gasteiger partial charge in [-0.15, -0.1) is 0 Å². The molecule has 1 aliphatic heterocycles. The van der Waals surface area contributed by atoms with Crippen LogP contribution in [0, 0.1) is 17.0 Å². The van der Waals surface area contributed by atoms with Gasteiger partial charge in [-0.1, -0.05) is 0 Å². The Balaban J connectivity index is 2.35. The number of nitro groups is 1. The minimum absolute atomic E-state index is 0.153. The van der Waals surface area contributed by atoms with Crippen molar-refractivity contribution in [2.24, 2.45) is 0 Å². The van der Waals surface area contributed by atoms with Gasteiger partial charge in [-0.2, -0.15) is 0 Å². The highest BCUT2D eigenvalue weighted by Gasteiger charge is 2.24. The fourth-order valence-corrected chi connectivity index (χ4v) is 2.48. The van der Waals surface area contributed by atoms with Crippen LogP contribution in [0.15, 0.2) is 16.6 Å². The monoisotopic (exact) mass is 299 g/mol. The fraction of sp³-hybridized carbons (Fsp3) is 0.455. The number of nitrogens with zero attached hydrogens (tertiary/aromatic N) is 2. The molecule has 1 fully saturated rings. The zero-order valence-electron chi connectivity index (χ0n) is 9.74. The van der Waals surface area contributed by atoms with Crippen molar-refractivity contribution >= 4 is 27.3 Å². The number of likely N-dealkylation sites (N-methyl/N-ethyl adjacent to an activating group) is 1. The van der Waals surface area contributed by atoms with E-state index in [-0.39, 0.29) is 10.6 Å². The van der Waals surface area contributed by atoms with Gasteiger partial charge in [-0.3, -0.25) is 10.1 Å². The van der Waals surface area contributed by atoms with Gasteiger partial charge in [0.25, 0.3) is 5.69 Å². The topological polar surface area (TPSA) is 58.4 Å². The van der Waals surface area contributed by atoms with Gasteiger partial charge < -0.3 is 10.2 Å². The van der Waals surface area contributed by atoms with E-state index in [0.29, 0.717) is 11.6 Å². The maximum Gasteiger partial charge on any atom is 0.273 e. The highest BCUT2D eigenvalue weighted by molar-refractivity contribution is 9.10. The maximum absolute atomic E-state index is 10.8. The van der Waals surface area contributed by atoms with Gasteiger partial charge in [-0.25, -0.2) is 0 Å². The predicted molar refractivity (Wildman–Crippen MR) is 70.6 cm³/mol. The number of aryl methyl sites for hydroxylation is 1. The Morgan fingerprint density at radius 1 is 1.53 bits per heavy atom. The normalized spacial score (nSPS) is 15.5. The molecule has 0 unspecified atom stereocenters. The lowest BCUT2D eigenvalue weighted by molar-refractivity contribution is -0.385. The minimum atomic E-state index is -0.352. The Kier molecular flexibility index (Phi) is 3.35. The first-order valence-corrected chi connectivity index (χ1v) is 6.18. The number of halogens is 1. The van der Waals surface area contributed by atoms with E-state index in [1.54, 1.807) is 13.0 Å². The van der Waals surface area contributed by atoms with E-state index in [2.05, 4.69) is 26.1 Å². The Bertz CT molecular complexity index is 460. The van der Waals surface area contributed by atoms with Crippen LogP contribution in [0.25, 0.3) is 0 Å². The number of benzene rings is 1. The number of rotatable bonds is 3. The van der Waals surface area contributed by atoms with Crippen LogP contribution in [0.2, 0.25) is 0 Å². The van der Waals surface area contributed by atoms with Crippen LogP contribution >= 0.6 is 15.9 Å². The van der Waals surface area contributed by atoms with Crippen LogP contribution in [-0.2, 0) is 0 Å². The molecule has 0 aliphatic carbocycles. The number of anilines is 1. The van der Waals surface area contributed by atoms with Crippen LogP contribution in [0.5, 0.6) is 0 Å². The molecule has 92 valence electrons. The van der Waals surface area contributed by atoms with Crippen molar-refractivity contribution < 1.29 is 4.92 Å². The van der Waals surface area contributed by atoms with Gasteiger partial charge in [0, 0.05) is 36.2 Å². The van der Waals surface area contributed by atoms with Gasteiger partial charge in [0.2, 0.25) is 0 Å².